The Morgan fingerprint density at radius 3 is 2.82 bits per heavy atom. The molecule has 0 aliphatic rings. The van der Waals surface area contributed by atoms with Crippen LogP contribution < -0.4 is 10.2 Å². The van der Waals surface area contributed by atoms with E-state index in [4.69, 9.17) is 10.00 Å². The Kier molecular flexibility index (Phi) is 2.84. The molecule has 1 aromatic carbocycles. The number of H-pyrrole nitrogens is 1. The number of hydrogen-bond donors (Lipinski definition) is 1. The second kappa shape index (κ2) is 4.30. The molecule has 0 aliphatic heterocycles. The lowest BCUT2D eigenvalue weighted by molar-refractivity contribution is 0.245. The van der Waals surface area contributed by atoms with Gasteiger partial charge < -0.3 is 9.72 Å². The highest BCUT2D eigenvalue weighted by atomic mass is 16.5. The lowest BCUT2D eigenvalue weighted by Gasteiger charge is -2.11. The Morgan fingerprint density at radius 2 is 2.18 bits per heavy atom. The van der Waals surface area contributed by atoms with E-state index in [0.717, 1.165) is 0 Å². The average Bonchev–Trinajstić information content (AvgIpc) is 2.30. The molecule has 2 aromatic rings. The fraction of sp³-hybridized carbons (Fsp3) is 0.231. The smallest absolute Gasteiger partial charge is 0.207 e. The minimum absolute atomic E-state index is 0.0275. The molecule has 2 rings (SSSR count). The lowest BCUT2D eigenvalue weighted by atomic mass is 10.1. The maximum absolute atomic E-state index is 11.9. The van der Waals surface area contributed by atoms with Gasteiger partial charge in [0.2, 0.25) is 5.43 Å². The van der Waals surface area contributed by atoms with Gasteiger partial charge in [0.05, 0.1) is 17.0 Å². The molecule has 1 N–H and O–H groups in total. The van der Waals surface area contributed by atoms with Crippen molar-refractivity contribution in [1.29, 1.82) is 5.26 Å². The minimum Gasteiger partial charge on any atom is -0.489 e. The van der Waals surface area contributed by atoms with E-state index >= 15 is 0 Å². The first-order valence-corrected chi connectivity index (χ1v) is 5.34. The minimum atomic E-state index is -0.268. The fourth-order valence-electron chi connectivity index (χ4n) is 1.66. The van der Waals surface area contributed by atoms with Crippen LogP contribution in [0.25, 0.3) is 10.9 Å². The van der Waals surface area contributed by atoms with Crippen molar-refractivity contribution in [2.75, 3.05) is 0 Å². The van der Waals surface area contributed by atoms with Crippen LogP contribution in [0.3, 0.4) is 0 Å². The number of rotatable bonds is 2. The molecule has 86 valence electrons. The van der Waals surface area contributed by atoms with Crippen LogP contribution in [-0.2, 0) is 0 Å². The van der Waals surface area contributed by atoms with Crippen LogP contribution in [0.5, 0.6) is 5.75 Å². The summed E-state index contributed by atoms with van der Waals surface area (Å²) in [5.41, 5.74) is 0.472. The van der Waals surface area contributed by atoms with Crippen molar-refractivity contribution >= 4 is 10.9 Å². The van der Waals surface area contributed by atoms with Crippen molar-refractivity contribution in [3.8, 4) is 11.8 Å². The summed E-state index contributed by atoms with van der Waals surface area (Å²) in [6.45, 7) is 3.83. The van der Waals surface area contributed by atoms with Crippen LogP contribution in [-0.4, -0.2) is 11.1 Å². The standard InChI is InChI=1S/C13H12N2O2/c1-8(2)17-11-5-3-4-10-12(11)15-7-9(6-14)13(10)16/h3-5,7-8H,1-2H3,(H,15,16). The fourth-order valence-corrected chi connectivity index (χ4v) is 1.66. The summed E-state index contributed by atoms with van der Waals surface area (Å²) < 4.78 is 5.60. The van der Waals surface area contributed by atoms with Gasteiger partial charge in [-0.1, -0.05) is 6.07 Å². The Hall–Kier alpha value is -2.28. The SMILES string of the molecule is CC(C)Oc1cccc2c(=O)c(C#N)c[nH]c12. The third-order valence-electron chi connectivity index (χ3n) is 2.36. The van der Waals surface area contributed by atoms with E-state index in [9.17, 15) is 4.79 Å². The summed E-state index contributed by atoms with van der Waals surface area (Å²) in [4.78, 5) is 14.8. The normalized spacial score (nSPS) is 10.5. The number of ether oxygens (including phenoxy) is 1. The van der Waals surface area contributed by atoms with Crippen LogP contribution in [0.15, 0.2) is 29.2 Å². The van der Waals surface area contributed by atoms with Gasteiger partial charge in [0, 0.05) is 6.20 Å². The van der Waals surface area contributed by atoms with Crippen LogP contribution in [0.1, 0.15) is 19.4 Å². The van der Waals surface area contributed by atoms with Gasteiger partial charge in [0.1, 0.15) is 17.4 Å². The number of nitrogens with zero attached hydrogens (tertiary/aromatic N) is 1. The van der Waals surface area contributed by atoms with E-state index in [0.29, 0.717) is 16.7 Å². The molecule has 0 bridgehead atoms. The molecule has 0 saturated carbocycles. The van der Waals surface area contributed by atoms with Crippen molar-refractivity contribution in [2.45, 2.75) is 20.0 Å². The quantitative estimate of drug-likeness (QED) is 0.856. The van der Waals surface area contributed by atoms with E-state index in [2.05, 4.69) is 4.98 Å². The van der Waals surface area contributed by atoms with Gasteiger partial charge in [-0.05, 0) is 26.0 Å². The number of fused-ring (bicyclic) bond motifs is 1. The Morgan fingerprint density at radius 1 is 1.41 bits per heavy atom. The molecule has 1 heterocycles. The molecular weight excluding hydrogens is 216 g/mol. The van der Waals surface area contributed by atoms with Gasteiger partial charge >= 0.3 is 0 Å². The Bertz CT molecular complexity index is 650. The summed E-state index contributed by atoms with van der Waals surface area (Å²) in [6.07, 6.45) is 1.44. The second-order valence-corrected chi connectivity index (χ2v) is 3.99. The lowest BCUT2D eigenvalue weighted by Crippen LogP contribution is -2.10. The van der Waals surface area contributed by atoms with E-state index in [1.54, 1.807) is 18.2 Å². The summed E-state index contributed by atoms with van der Waals surface area (Å²) in [5, 5.41) is 9.27. The van der Waals surface area contributed by atoms with Crippen LogP contribution in [0, 0.1) is 11.3 Å². The average molecular weight is 228 g/mol. The van der Waals surface area contributed by atoms with Gasteiger partial charge in [0.15, 0.2) is 0 Å². The van der Waals surface area contributed by atoms with Gasteiger partial charge in [-0.15, -0.1) is 0 Å². The molecule has 1 aromatic heterocycles. The summed E-state index contributed by atoms with van der Waals surface area (Å²) >= 11 is 0. The van der Waals surface area contributed by atoms with Gasteiger partial charge in [-0.25, -0.2) is 0 Å². The molecule has 0 saturated heterocycles. The number of nitriles is 1. The third-order valence-corrected chi connectivity index (χ3v) is 2.36. The molecule has 0 amide bonds. The van der Waals surface area contributed by atoms with E-state index in [1.165, 1.54) is 6.20 Å². The highest BCUT2D eigenvalue weighted by molar-refractivity contribution is 5.85. The van der Waals surface area contributed by atoms with Crippen molar-refractivity contribution in [1.82, 2.24) is 4.98 Å². The van der Waals surface area contributed by atoms with Crippen molar-refractivity contribution in [3.05, 3.63) is 40.2 Å². The molecule has 0 unspecified atom stereocenters. The zero-order valence-corrected chi connectivity index (χ0v) is 9.65. The third kappa shape index (κ3) is 2.00. The molecule has 0 atom stereocenters. The van der Waals surface area contributed by atoms with Crippen LogP contribution >= 0.6 is 0 Å². The first-order chi connectivity index (χ1) is 8.13. The largest absolute Gasteiger partial charge is 0.489 e. The number of pyridine rings is 1. The number of nitrogens with one attached hydrogen (secondary N) is 1. The van der Waals surface area contributed by atoms with Gasteiger partial charge in [-0.2, -0.15) is 5.26 Å². The van der Waals surface area contributed by atoms with Crippen molar-refractivity contribution < 1.29 is 4.74 Å². The molecule has 0 fully saturated rings. The topological polar surface area (TPSA) is 65.9 Å². The number of aromatic amines is 1. The zero-order chi connectivity index (χ0) is 12.4. The van der Waals surface area contributed by atoms with E-state index < -0.39 is 0 Å². The number of hydrogen-bond acceptors (Lipinski definition) is 3. The maximum atomic E-state index is 11.9. The van der Waals surface area contributed by atoms with E-state index in [-0.39, 0.29) is 17.1 Å². The second-order valence-electron chi connectivity index (χ2n) is 3.99. The van der Waals surface area contributed by atoms with Gasteiger partial charge in [0.25, 0.3) is 0 Å². The van der Waals surface area contributed by atoms with Crippen molar-refractivity contribution in [3.63, 3.8) is 0 Å². The molecule has 17 heavy (non-hydrogen) atoms. The molecule has 4 nitrogen and oxygen atoms in total. The predicted octanol–water partition coefficient (Wildman–Crippen LogP) is 2.19. The van der Waals surface area contributed by atoms with Crippen molar-refractivity contribution in [2.24, 2.45) is 0 Å². The molecule has 0 aliphatic carbocycles. The zero-order valence-electron chi connectivity index (χ0n) is 9.65. The first kappa shape index (κ1) is 11.2. The van der Waals surface area contributed by atoms with Crippen LogP contribution in [0.4, 0.5) is 0 Å². The summed E-state index contributed by atoms with van der Waals surface area (Å²) in [6, 6.07) is 7.09. The predicted molar refractivity (Wildman–Crippen MR) is 65.0 cm³/mol. The highest BCUT2D eigenvalue weighted by Gasteiger charge is 2.09. The Balaban J connectivity index is 2.72. The summed E-state index contributed by atoms with van der Waals surface area (Å²) in [7, 11) is 0. The highest BCUT2D eigenvalue weighted by Crippen LogP contribution is 2.22. The molecule has 0 spiro atoms. The monoisotopic (exact) mass is 228 g/mol. The Labute approximate surface area is 98.5 Å². The molecular formula is C13H12N2O2. The number of aromatic nitrogens is 1. The molecule has 0 radical (unpaired) electrons. The van der Waals surface area contributed by atoms with Gasteiger partial charge in [-0.3, -0.25) is 4.79 Å². The number of para-hydroxylation sites is 1. The maximum Gasteiger partial charge on any atom is 0.207 e. The first-order valence-electron chi connectivity index (χ1n) is 5.34. The van der Waals surface area contributed by atoms with Crippen LogP contribution in [0.2, 0.25) is 0 Å². The molecule has 4 heteroatoms. The number of benzene rings is 1. The summed E-state index contributed by atoms with van der Waals surface area (Å²) in [5.74, 6) is 0.624. The van der Waals surface area contributed by atoms with E-state index in [1.807, 2.05) is 19.9 Å².